The number of halogens is 2. The molecule has 1 rings (SSSR count). The van der Waals surface area contributed by atoms with Gasteiger partial charge in [0.25, 0.3) is 0 Å². The van der Waals surface area contributed by atoms with Crippen molar-refractivity contribution in [3.05, 3.63) is 29.8 Å². The number of hydrazine groups is 1. The lowest BCUT2D eigenvalue weighted by Crippen LogP contribution is -2.32. The van der Waals surface area contributed by atoms with Crippen molar-refractivity contribution >= 4 is 0 Å². The molecule has 0 aliphatic carbocycles. The van der Waals surface area contributed by atoms with E-state index in [1.165, 1.54) is 12.1 Å². The van der Waals surface area contributed by atoms with Crippen molar-refractivity contribution in [2.75, 3.05) is 14.1 Å². The van der Waals surface area contributed by atoms with Gasteiger partial charge in [-0.15, -0.1) is 0 Å². The minimum atomic E-state index is -2.77. The van der Waals surface area contributed by atoms with Gasteiger partial charge in [-0.1, -0.05) is 12.1 Å². The van der Waals surface area contributed by atoms with Crippen LogP contribution in [0.25, 0.3) is 0 Å². The third-order valence-electron chi connectivity index (χ3n) is 2.06. The average Bonchev–Trinajstić information content (AvgIpc) is 2.16. The Kier molecular flexibility index (Phi) is 4.64. The summed E-state index contributed by atoms with van der Waals surface area (Å²) in [7, 11) is 3.79. The van der Waals surface area contributed by atoms with Crippen LogP contribution < -0.4 is 10.2 Å². The molecule has 5 heteroatoms. The second-order valence-electron chi connectivity index (χ2n) is 3.69. The highest BCUT2D eigenvalue weighted by atomic mass is 19.3. The highest BCUT2D eigenvalue weighted by Crippen LogP contribution is 2.18. The molecule has 0 spiro atoms. The first-order chi connectivity index (χ1) is 7.49. The van der Waals surface area contributed by atoms with Crippen LogP contribution in [0.15, 0.2) is 24.3 Å². The van der Waals surface area contributed by atoms with Gasteiger partial charge in [0.05, 0.1) is 0 Å². The molecule has 0 saturated carbocycles. The van der Waals surface area contributed by atoms with Crippen LogP contribution in [0.1, 0.15) is 18.5 Å². The first-order valence-corrected chi connectivity index (χ1v) is 4.97. The van der Waals surface area contributed by atoms with Gasteiger partial charge in [0.2, 0.25) is 0 Å². The van der Waals surface area contributed by atoms with E-state index in [2.05, 4.69) is 10.2 Å². The van der Waals surface area contributed by atoms with Crippen molar-refractivity contribution in [3.8, 4) is 5.75 Å². The Balaban J connectivity index is 2.63. The molecule has 1 unspecified atom stereocenters. The average molecular weight is 230 g/mol. The van der Waals surface area contributed by atoms with Gasteiger partial charge in [-0.05, 0) is 24.6 Å². The predicted molar refractivity (Wildman–Crippen MR) is 58.3 cm³/mol. The van der Waals surface area contributed by atoms with Crippen molar-refractivity contribution in [3.63, 3.8) is 0 Å². The van der Waals surface area contributed by atoms with Crippen LogP contribution in [0, 0.1) is 0 Å². The van der Waals surface area contributed by atoms with Crippen molar-refractivity contribution in [1.29, 1.82) is 0 Å². The molecular formula is C11H16F2N2O. The molecule has 0 amide bonds. The zero-order valence-electron chi connectivity index (χ0n) is 9.58. The van der Waals surface area contributed by atoms with Gasteiger partial charge in [0.15, 0.2) is 0 Å². The fraction of sp³-hybridized carbons (Fsp3) is 0.455. The molecule has 0 fully saturated rings. The van der Waals surface area contributed by atoms with Crippen LogP contribution in [0.5, 0.6) is 5.75 Å². The number of hydrogen-bond acceptors (Lipinski definition) is 3. The zero-order valence-corrected chi connectivity index (χ0v) is 9.58. The van der Waals surface area contributed by atoms with E-state index >= 15 is 0 Å². The molecule has 3 nitrogen and oxygen atoms in total. The Morgan fingerprint density at radius 2 is 1.75 bits per heavy atom. The summed E-state index contributed by atoms with van der Waals surface area (Å²) in [5.74, 6) is 0.177. The summed E-state index contributed by atoms with van der Waals surface area (Å²) < 4.78 is 28.1. The minimum Gasteiger partial charge on any atom is -0.435 e. The molecular weight excluding hydrogens is 214 g/mol. The quantitative estimate of drug-likeness (QED) is 0.786. The standard InChI is InChI=1S/C11H16F2N2O/c1-8(14-15(2)3)9-4-6-10(7-5-9)16-11(12)13/h4-8,11,14H,1-3H3. The normalized spacial score (nSPS) is 13.2. The third-order valence-corrected chi connectivity index (χ3v) is 2.06. The number of hydrogen-bond donors (Lipinski definition) is 1. The van der Waals surface area contributed by atoms with E-state index in [-0.39, 0.29) is 11.8 Å². The Hall–Kier alpha value is -1.20. The fourth-order valence-electron chi connectivity index (χ4n) is 1.40. The van der Waals surface area contributed by atoms with Gasteiger partial charge in [0, 0.05) is 20.1 Å². The van der Waals surface area contributed by atoms with Gasteiger partial charge in [-0.3, -0.25) is 5.01 Å². The summed E-state index contributed by atoms with van der Waals surface area (Å²) in [5.41, 5.74) is 4.17. The summed E-state index contributed by atoms with van der Waals surface area (Å²) in [6.07, 6.45) is 0. The summed E-state index contributed by atoms with van der Waals surface area (Å²) in [4.78, 5) is 0. The monoisotopic (exact) mass is 230 g/mol. The maximum absolute atomic E-state index is 11.9. The summed E-state index contributed by atoms with van der Waals surface area (Å²) in [6, 6.07) is 6.72. The number of ether oxygens (including phenoxy) is 1. The first kappa shape index (κ1) is 12.9. The lowest BCUT2D eigenvalue weighted by Gasteiger charge is -2.19. The van der Waals surface area contributed by atoms with Gasteiger partial charge in [-0.2, -0.15) is 8.78 Å². The number of rotatable bonds is 5. The smallest absolute Gasteiger partial charge is 0.387 e. The number of nitrogens with zero attached hydrogens (tertiary/aromatic N) is 1. The molecule has 90 valence electrons. The van der Waals surface area contributed by atoms with Crippen molar-refractivity contribution in [1.82, 2.24) is 10.4 Å². The lowest BCUT2D eigenvalue weighted by atomic mass is 10.1. The molecule has 1 atom stereocenters. The minimum absolute atomic E-state index is 0.121. The fourth-order valence-corrected chi connectivity index (χ4v) is 1.40. The largest absolute Gasteiger partial charge is 0.435 e. The Morgan fingerprint density at radius 3 is 2.19 bits per heavy atom. The van der Waals surface area contributed by atoms with Gasteiger partial charge < -0.3 is 4.74 Å². The van der Waals surface area contributed by atoms with Crippen LogP contribution in [-0.4, -0.2) is 25.7 Å². The Morgan fingerprint density at radius 1 is 1.19 bits per heavy atom. The predicted octanol–water partition coefficient (Wildman–Crippen LogP) is 2.42. The lowest BCUT2D eigenvalue weighted by molar-refractivity contribution is -0.0498. The molecule has 1 aromatic carbocycles. The molecule has 0 saturated heterocycles. The maximum Gasteiger partial charge on any atom is 0.387 e. The van der Waals surface area contributed by atoms with E-state index in [1.54, 1.807) is 12.1 Å². The highest BCUT2D eigenvalue weighted by Gasteiger charge is 2.07. The molecule has 0 aliphatic heterocycles. The number of nitrogens with one attached hydrogen (secondary N) is 1. The molecule has 0 heterocycles. The van der Waals surface area contributed by atoms with Crippen molar-refractivity contribution in [2.24, 2.45) is 0 Å². The van der Waals surface area contributed by atoms with Gasteiger partial charge >= 0.3 is 6.61 Å². The molecule has 0 radical (unpaired) electrons. The van der Waals surface area contributed by atoms with Crippen LogP contribution >= 0.6 is 0 Å². The van der Waals surface area contributed by atoms with Crippen molar-refractivity contribution < 1.29 is 13.5 Å². The maximum atomic E-state index is 11.9. The van der Waals surface area contributed by atoms with E-state index in [0.29, 0.717) is 0 Å². The first-order valence-electron chi connectivity index (χ1n) is 4.97. The highest BCUT2D eigenvalue weighted by molar-refractivity contribution is 5.28. The van der Waals surface area contributed by atoms with E-state index in [4.69, 9.17) is 0 Å². The SMILES string of the molecule is CC(NN(C)C)c1ccc(OC(F)F)cc1. The molecule has 0 bridgehead atoms. The van der Waals surface area contributed by atoms with Crippen LogP contribution in [0.3, 0.4) is 0 Å². The second kappa shape index (κ2) is 5.77. The van der Waals surface area contributed by atoms with Crippen LogP contribution in [0.4, 0.5) is 8.78 Å². The Labute approximate surface area is 94.0 Å². The second-order valence-corrected chi connectivity index (χ2v) is 3.69. The van der Waals surface area contributed by atoms with Crippen molar-refractivity contribution in [2.45, 2.75) is 19.6 Å². The zero-order chi connectivity index (χ0) is 12.1. The third kappa shape index (κ3) is 4.12. The van der Waals surface area contributed by atoms with Crippen LogP contribution in [0.2, 0.25) is 0 Å². The molecule has 1 aromatic rings. The van der Waals surface area contributed by atoms with Gasteiger partial charge in [0.1, 0.15) is 5.75 Å². The molecule has 0 aromatic heterocycles. The molecule has 1 N–H and O–H groups in total. The van der Waals surface area contributed by atoms with E-state index in [1.807, 2.05) is 26.0 Å². The van der Waals surface area contributed by atoms with E-state index in [9.17, 15) is 8.78 Å². The number of alkyl halides is 2. The van der Waals surface area contributed by atoms with E-state index < -0.39 is 6.61 Å². The topological polar surface area (TPSA) is 24.5 Å². The summed E-state index contributed by atoms with van der Waals surface area (Å²) in [5, 5.41) is 1.84. The molecule has 0 aliphatic rings. The summed E-state index contributed by atoms with van der Waals surface area (Å²) >= 11 is 0. The Bertz CT molecular complexity index is 314. The van der Waals surface area contributed by atoms with Gasteiger partial charge in [-0.25, -0.2) is 5.43 Å². The number of benzene rings is 1. The van der Waals surface area contributed by atoms with E-state index in [0.717, 1.165) is 5.56 Å². The van der Waals surface area contributed by atoms with Crippen LogP contribution in [-0.2, 0) is 0 Å². The summed E-state index contributed by atoms with van der Waals surface area (Å²) in [6.45, 7) is -0.786. The molecule has 16 heavy (non-hydrogen) atoms.